The number of nitriles is 1. The number of benzene rings is 2. The lowest BCUT2D eigenvalue weighted by molar-refractivity contribution is 0.121. The van der Waals surface area contributed by atoms with Gasteiger partial charge in [-0.2, -0.15) is 5.26 Å². The number of aromatic nitrogens is 3. The first-order chi connectivity index (χ1) is 19.5. The minimum Gasteiger partial charge on any atom is -0.386 e. The summed E-state index contributed by atoms with van der Waals surface area (Å²) in [6.07, 6.45) is 4.45. The van der Waals surface area contributed by atoms with Crippen LogP contribution < -0.4 is 15.1 Å². The number of anilines is 3. The van der Waals surface area contributed by atoms with E-state index >= 15 is 4.39 Å². The molecule has 2 atom stereocenters. The highest BCUT2D eigenvalue weighted by Crippen LogP contribution is 2.36. The van der Waals surface area contributed by atoms with Crippen LogP contribution in [0.25, 0.3) is 28.2 Å². The Morgan fingerprint density at radius 3 is 2.60 bits per heavy atom. The number of nitrogens with one attached hydrogen (secondary N) is 1. The van der Waals surface area contributed by atoms with Crippen molar-refractivity contribution in [1.82, 2.24) is 14.5 Å². The van der Waals surface area contributed by atoms with Gasteiger partial charge in [0, 0.05) is 57.8 Å². The standard InChI is InChI=1S/C30H31F2N7O/c1-34-25-7-5-20(14-23(25)31)29-36-28-27(38-12-3-4-19(16-33)17-38)9-11-35-30(28)39(29)26-8-6-21(15-24(26)32)37-13-10-22(18-37)40-2/h5-9,11,14-15,19,22,34H,3-4,10,12-13,17-18H2,1-2H3/t19?,22-/m0/s1. The van der Waals surface area contributed by atoms with Gasteiger partial charge < -0.3 is 19.9 Å². The molecule has 2 aromatic heterocycles. The molecule has 4 aromatic rings. The zero-order valence-corrected chi connectivity index (χ0v) is 22.6. The maximum Gasteiger partial charge on any atom is 0.167 e. The second-order valence-corrected chi connectivity index (χ2v) is 10.4. The maximum atomic E-state index is 16.0. The fraction of sp³-hybridized carbons (Fsp3) is 0.367. The monoisotopic (exact) mass is 543 g/mol. The second-order valence-electron chi connectivity index (χ2n) is 10.4. The van der Waals surface area contributed by atoms with Gasteiger partial charge in [-0.05, 0) is 61.7 Å². The average Bonchev–Trinajstić information content (AvgIpc) is 3.62. The van der Waals surface area contributed by atoms with Gasteiger partial charge in [-0.15, -0.1) is 0 Å². The van der Waals surface area contributed by atoms with Crippen LogP contribution in [-0.4, -0.2) is 61.0 Å². The topological polar surface area (TPSA) is 82.2 Å². The summed E-state index contributed by atoms with van der Waals surface area (Å²) >= 11 is 0. The number of piperidine rings is 1. The predicted molar refractivity (Wildman–Crippen MR) is 152 cm³/mol. The first-order valence-corrected chi connectivity index (χ1v) is 13.6. The Hall–Kier alpha value is -4.23. The summed E-state index contributed by atoms with van der Waals surface area (Å²) in [4.78, 5) is 13.8. The van der Waals surface area contributed by atoms with E-state index in [2.05, 4.69) is 26.2 Å². The van der Waals surface area contributed by atoms with Crippen LogP contribution in [0.1, 0.15) is 19.3 Å². The fourth-order valence-electron chi connectivity index (χ4n) is 5.82. The van der Waals surface area contributed by atoms with E-state index in [-0.39, 0.29) is 17.7 Å². The van der Waals surface area contributed by atoms with E-state index < -0.39 is 11.6 Å². The van der Waals surface area contributed by atoms with Gasteiger partial charge in [-0.1, -0.05) is 0 Å². The Labute approximate surface area is 231 Å². The van der Waals surface area contributed by atoms with Crippen LogP contribution in [0.5, 0.6) is 0 Å². The van der Waals surface area contributed by atoms with Crippen molar-refractivity contribution in [3.8, 4) is 23.1 Å². The van der Waals surface area contributed by atoms with Crippen LogP contribution in [0.15, 0.2) is 48.7 Å². The van der Waals surface area contributed by atoms with E-state index in [0.29, 0.717) is 41.3 Å². The van der Waals surface area contributed by atoms with Crippen molar-refractivity contribution in [3.63, 3.8) is 0 Å². The van der Waals surface area contributed by atoms with Gasteiger partial charge in [-0.3, -0.25) is 4.57 Å². The first kappa shape index (κ1) is 26.0. The fourth-order valence-corrected chi connectivity index (χ4v) is 5.82. The van der Waals surface area contributed by atoms with Crippen molar-refractivity contribution in [2.24, 2.45) is 5.92 Å². The summed E-state index contributed by atoms with van der Waals surface area (Å²) in [7, 11) is 3.35. The summed E-state index contributed by atoms with van der Waals surface area (Å²) in [5, 5.41) is 12.4. The van der Waals surface area contributed by atoms with E-state index in [9.17, 15) is 9.65 Å². The minimum atomic E-state index is -0.433. The highest BCUT2D eigenvalue weighted by molar-refractivity contribution is 5.91. The molecule has 0 bridgehead atoms. The molecule has 0 amide bonds. The van der Waals surface area contributed by atoms with Crippen LogP contribution in [0, 0.1) is 28.9 Å². The Morgan fingerprint density at radius 1 is 1.00 bits per heavy atom. The Balaban J connectivity index is 1.50. The maximum absolute atomic E-state index is 16.0. The average molecular weight is 544 g/mol. The number of hydrogen-bond donors (Lipinski definition) is 1. The molecule has 8 nitrogen and oxygen atoms in total. The molecular formula is C30H31F2N7O. The molecule has 0 aliphatic carbocycles. The zero-order valence-electron chi connectivity index (χ0n) is 22.6. The molecule has 40 heavy (non-hydrogen) atoms. The van der Waals surface area contributed by atoms with Gasteiger partial charge in [0.25, 0.3) is 0 Å². The summed E-state index contributed by atoms with van der Waals surface area (Å²) < 4.78 is 38.0. The predicted octanol–water partition coefficient (Wildman–Crippen LogP) is 5.37. The van der Waals surface area contributed by atoms with Crippen molar-refractivity contribution < 1.29 is 13.5 Å². The number of nitrogens with zero attached hydrogens (tertiary/aromatic N) is 6. The van der Waals surface area contributed by atoms with Gasteiger partial charge in [0.05, 0.1) is 35.2 Å². The van der Waals surface area contributed by atoms with E-state index in [1.54, 1.807) is 43.1 Å². The van der Waals surface area contributed by atoms with Gasteiger partial charge >= 0.3 is 0 Å². The molecule has 0 spiro atoms. The minimum absolute atomic E-state index is 0.0741. The third-order valence-corrected chi connectivity index (χ3v) is 7.98. The molecule has 1 N–H and O–H groups in total. The van der Waals surface area contributed by atoms with E-state index in [1.807, 2.05) is 12.1 Å². The highest BCUT2D eigenvalue weighted by atomic mass is 19.1. The molecule has 206 valence electrons. The third kappa shape index (κ3) is 4.60. The van der Waals surface area contributed by atoms with Crippen LogP contribution in [0.3, 0.4) is 0 Å². The van der Waals surface area contributed by atoms with E-state index in [0.717, 1.165) is 43.7 Å². The molecule has 6 rings (SSSR count). The van der Waals surface area contributed by atoms with Gasteiger partial charge in [0.1, 0.15) is 23.0 Å². The van der Waals surface area contributed by atoms with E-state index in [1.165, 1.54) is 12.1 Å². The van der Waals surface area contributed by atoms with Crippen molar-refractivity contribution >= 4 is 28.2 Å². The van der Waals surface area contributed by atoms with Crippen molar-refractivity contribution in [2.45, 2.75) is 25.4 Å². The number of ether oxygens (including phenoxy) is 1. The lowest BCUT2D eigenvalue weighted by atomic mass is 9.99. The number of imidazole rings is 1. The lowest BCUT2D eigenvalue weighted by Gasteiger charge is -2.31. The van der Waals surface area contributed by atoms with Crippen molar-refractivity contribution in [1.29, 1.82) is 5.26 Å². The summed E-state index contributed by atoms with van der Waals surface area (Å²) in [5.74, 6) is -0.550. The molecule has 1 unspecified atom stereocenters. The molecule has 2 aliphatic rings. The van der Waals surface area contributed by atoms with Crippen LogP contribution in [0.2, 0.25) is 0 Å². The SMILES string of the molecule is CNc1ccc(-c2nc3c(N4CCCC(C#N)C4)ccnc3n2-c2ccc(N3CC[C@H](OC)C3)cc2F)cc1F. The quantitative estimate of drug-likeness (QED) is 0.350. The van der Waals surface area contributed by atoms with Gasteiger partial charge in [0.2, 0.25) is 0 Å². The Morgan fingerprint density at radius 2 is 1.88 bits per heavy atom. The Kier molecular flexibility index (Phi) is 6.98. The molecule has 2 aliphatic heterocycles. The van der Waals surface area contributed by atoms with E-state index in [4.69, 9.17) is 9.72 Å². The number of rotatable bonds is 6. The smallest absolute Gasteiger partial charge is 0.167 e. The van der Waals surface area contributed by atoms with Crippen molar-refractivity contribution in [3.05, 3.63) is 60.3 Å². The molecule has 4 heterocycles. The molecular weight excluding hydrogens is 512 g/mol. The molecule has 0 saturated carbocycles. The first-order valence-electron chi connectivity index (χ1n) is 13.6. The number of fused-ring (bicyclic) bond motifs is 1. The van der Waals surface area contributed by atoms with Gasteiger partial charge in [-0.25, -0.2) is 18.7 Å². The molecule has 2 aromatic carbocycles. The Bertz CT molecular complexity index is 1600. The molecule has 2 fully saturated rings. The number of methoxy groups -OCH3 is 1. The number of pyridine rings is 1. The molecule has 2 saturated heterocycles. The van der Waals surface area contributed by atoms with Crippen molar-refractivity contribution in [2.75, 3.05) is 55.5 Å². The molecule has 10 heteroatoms. The summed E-state index contributed by atoms with van der Waals surface area (Å²) in [5.41, 5.74) is 3.80. The van der Waals surface area contributed by atoms with Gasteiger partial charge in [0.15, 0.2) is 5.65 Å². The van der Waals surface area contributed by atoms with Crippen LogP contribution in [-0.2, 0) is 4.74 Å². The van der Waals surface area contributed by atoms with Crippen LogP contribution >= 0.6 is 0 Å². The lowest BCUT2D eigenvalue weighted by Crippen LogP contribution is -2.35. The largest absolute Gasteiger partial charge is 0.386 e. The number of hydrogen-bond acceptors (Lipinski definition) is 7. The molecule has 0 radical (unpaired) electrons. The highest BCUT2D eigenvalue weighted by Gasteiger charge is 2.27. The summed E-state index contributed by atoms with van der Waals surface area (Å²) in [6.45, 7) is 2.87. The normalized spacial score (nSPS) is 19.3. The third-order valence-electron chi connectivity index (χ3n) is 7.98. The van der Waals surface area contributed by atoms with Crippen LogP contribution in [0.4, 0.5) is 25.8 Å². The zero-order chi connectivity index (χ0) is 27.8. The second kappa shape index (κ2) is 10.7. The summed E-state index contributed by atoms with van der Waals surface area (Å²) in [6, 6.07) is 14.2. The number of halogens is 2.